The number of hydrogen-bond acceptors (Lipinski definition) is 5. The summed E-state index contributed by atoms with van der Waals surface area (Å²) in [5, 5.41) is 3.35. The molecule has 2 aromatic heterocycles. The second kappa shape index (κ2) is 7.26. The van der Waals surface area contributed by atoms with Gasteiger partial charge in [0, 0.05) is 15.6 Å². The van der Waals surface area contributed by atoms with Crippen LogP contribution in [-0.2, 0) is 4.79 Å². The standard InChI is InChI=1S/C17H15Cl2N3O3S/c1-8-15(16(24)22-9(2)10(3)26-17(22)20-8)21-14(23)7-25-13-5-4-11(18)6-12(13)19/h4-6H,7H2,1-3H3,(H,21,23). The number of rotatable bonds is 4. The Hall–Kier alpha value is -2.09. The quantitative estimate of drug-likeness (QED) is 0.703. The summed E-state index contributed by atoms with van der Waals surface area (Å²) in [6, 6.07) is 4.70. The molecule has 0 spiro atoms. The molecule has 0 unspecified atom stereocenters. The number of hydrogen-bond donors (Lipinski definition) is 1. The summed E-state index contributed by atoms with van der Waals surface area (Å²) < 4.78 is 6.89. The monoisotopic (exact) mass is 411 g/mol. The number of nitrogens with one attached hydrogen (secondary N) is 1. The van der Waals surface area contributed by atoms with Gasteiger partial charge in [-0.05, 0) is 39.0 Å². The number of benzene rings is 1. The lowest BCUT2D eigenvalue weighted by atomic mass is 10.3. The van der Waals surface area contributed by atoms with Crippen LogP contribution in [0.25, 0.3) is 4.96 Å². The van der Waals surface area contributed by atoms with Gasteiger partial charge in [0.1, 0.15) is 11.4 Å². The van der Waals surface area contributed by atoms with Crippen molar-refractivity contribution in [1.82, 2.24) is 9.38 Å². The third-order valence-electron chi connectivity index (χ3n) is 3.84. The molecule has 1 aromatic carbocycles. The Bertz CT molecular complexity index is 1080. The molecule has 0 bridgehead atoms. The van der Waals surface area contributed by atoms with Crippen LogP contribution in [0, 0.1) is 20.8 Å². The van der Waals surface area contributed by atoms with Crippen LogP contribution in [0.2, 0.25) is 10.0 Å². The van der Waals surface area contributed by atoms with E-state index in [1.807, 2.05) is 13.8 Å². The fourth-order valence-corrected chi connectivity index (χ4v) is 3.86. The molecule has 0 aliphatic carbocycles. The van der Waals surface area contributed by atoms with Crippen LogP contribution >= 0.6 is 34.5 Å². The molecule has 6 nitrogen and oxygen atoms in total. The van der Waals surface area contributed by atoms with E-state index < -0.39 is 5.91 Å². The fourth-order valence-electron chi connectivity index (χ4n) is 2.39. The van der Waals surface area contributed by atoms with Gasteiger partial charge in [-0.1, -0.05) is 23.2 Å². The van der Waals surface area contributed by atoms with Crippen molar-refractivity contribution in [3.8, 4) is 5.75 Å². The van der Waals surface area contributed by atoms with Crippen molar-refractivity contribution in [1.29, 1.82) is 0 Å². The average Bonchev–Trinajstić information content (AvgIpc) is 2.85. The van der Waals surface area contributed by atoms with Gasteiger partial charge in [0.05, 0.1) is 10.7 Å². The molecule has 0 saturated carbocycles. The van der Waals surface area contributed by atoms with Crippen molar-refractivity contribution >= 4 is 51.1 Å². The van der Waals surface area contributed by atoms with Crippen molar-refractivity contribution in [3.05, 3.63) is 54.9 Å². The van der Waals surface area contributed by atoms with Gasteiger partial charge in [-0.2, -0.15) is 0 Å². The van der Waals surface area contributed by atoms with Gasteiger partial charge in [-0.25, -0.2) is 4.98 Å². The van der Waals surface area contributed by atoms with E-state index in [0.29, 0.717) is 26.4 Å². The first-order valence-electron chi connectivity index (χ1n) is 7.65. The van der Waals surface area contributed by atoms with Crippen LogP contribution in [0.4, 0.5) is 5.69 Å². The normalized spacial score (nSPS) is 11.0. The molecule has 2 heterocycles. The third-order valence-corrected chi connectivity index (χ3v) is 5.43. The lowest BCUT2D eigenvalue weighted by Crippen LogP contribution is -2.28. The van der Waals surface area contributed by atoms with Gasteiger partial charge in [0.2, 0.25) is 0 Å². The van der Waals surface area contributed by atoms with E-state index in [0.717, 1.165) is 10.6 Å². The Labute approximate surface area is 163 Å². The van der Waals surface area contributed by atoms with Crippen molar-refractivity contribution in [3.63, 3.8) is 0 Å². The van der Waals surface area contributed by atoms with Crippen LogP contribution in [0.5, 0.6) is 5.75 Å². The second-order valence-electron chi connectivity index (χ2n) is 5.65. The number of anilines is 1. The number of thiazole rings is 1. The predicted octanol–water partition coefficient (Wildman–Crippen LogP) is 4.01. The predicted molar refractivity (Wildman–Crippen MR) is 104 cm³/mol. The lowest BCUT2D eigenvalue weighted by molar-refractivity contribution is -0.118. The molecule has 1 amide bonds. The highest BCUT2D eigenvalue weighted by atomic mass is 35.5. The van der Waals surface area contributed by atoms with Crippen molar-refractivity contribution in [2.45, 2.75) is 20.8 Å². The smallest absolute Gasteiger partial charge is 0.282 e. The largest absolute Gasteiger partial charge is 0.482 e. The molecule has 26 heavy (non-hydrogen) atoms. The van der Waals surface area contributed by atoms with E-state index in [4.69, 9.17) is 27.9 Å². The molecule has 9 heteroatoms. The minimum atomic E-state index is -0.484. The van der Waals surface area contributed by atoms with Gasteiger partial charge in [0.15, 0.2) is 11.6 Å². The molecule has 3 rings (SSSR count). The summed E-state index contributed by atoms with van der Waals surface area (Å²) in [7, 11) is 0. The zero-order chi connectivity index (χ0) is 19.0. The number of amides is 1. The SMILES string of the molecule is Cc1nc2sc(C)c(C)n2c(=O)c1NC(=O)COc1ccc(Cl)cc1Cl. The van der Waals surface area contributed by atoms with Gasteiger partial charge >= 0.3 is 0 Å². The van der Waals surface area contributed by atoms with E-state index in [1.165, 1.54) is 21.8 Å². The summed E-state index contributed by atoms with van der Waals surface area (Å²) in [5.41, 5.74) is 1.09. The molecule has 0 saturated heterocycles. The minimum Gasteiger partial charge on any atom is -0.482 e. The van der Waals surface area contributed by atoms with Crippen molar-refractivity contribution in [2.75, 3.05) is 11.9 Å². The number of aryl methyl sites for hydroxylation is 3. The maximum absolute atomic E-state index is 12.7. The van der Waals surface area contributed by atoms with E-state index in [-0.39, 0.29) is 17.9 Å². The first-order valence-corrected chi connectivity index (χ1v) is 9.22. The van der Waals surface area contributed by atoms with Gasteiger partial charge in [0.25, 0.3) is 11.5 Å². The van der Waals surface area contributed by atoms with Crippen molar-refractivity contribution in [2.24, 2.45) is 0 Å². The zero-order valence-corrected chi connectivity index (χ0v) is 16.6. The first kappa shape index (κ1) is 18.7. The van der Waals surface area contributed by atoms with Crippen LogP contribution in [0.1, 0.15) is 16.3 Å². The zero-order valence-electron chi connectivity index (χ0n) is 14.2. The molecule has 0 aliphatic heterocycles. The first-order chi connectivity index (χ1) is 12.3. The Morgan fingerprint density at radius 3 is 2.73 bits per heavy atom. The number of aromatic nitrogens is 2. The van der Waals surface area contributed by atoms with E-state index in [9.17, 15) is 9.59 Å². The number of carbonyl (C=O) groups is 1. The number of fused-ring (bicyclic) bond motifs is 1. The Morgan fingerprint density at radius 2 is 2.04 bits per heavy atom. The maximum atomic E-state index is 12.7. The molecule has 0 radical (unpaired) electrons. The van der Waals surface area contributed by atoms with Gasteiger partial charge in [-0.3, -0.25) is 14.0 Å². The summed E-state index contributed by atoms with van der Waals surface area (Å²) in [6.07, 6.45) is 0. The van der Waals surface area contributed by atoms with E-state index >= 15 is 0 Å². The number of nitrogens with zero attached hydrogens (tertiary/aromatic N) is 2. The van der Waals surface area contributed by atoms with Crippen molar-refractivity contribution < 1.29 is 9.53 Å². The van der Waals surface area contributed by atoms with E-state index in [2.05, 4.69) is 10.3 Å². The van der Waals surface area contributed by atoms with Gasteiger partial charge in [-0.15, -0.1) is 11.3 Å². The van der Waals surface area contributed by atoms with Crippen LogP contribution < -0.4 is 15.6 Å². The number of halogens is 2. The highest BCUT2D eigenvalue weighted by Crippen LogP contribution is 2.27. The summed E-state index contributed by atoms with van der Waals surface area (Å²) in [6.45, 7) is 5.14. The van der Waals surface area contributed by atoms with Crippen LogP contribution in [-0.4, -0.2) is 21.9 Å². The van der Waals surface area contributed by atoms with Crippen LogP contribution in [0.3, 0.4) is 0 Å². The molecule has 3 aromatic rings. The lowest BCUT2D eigenvalue weighted by Gasteiger charge is -2.10. The van der Waals surface area contributed by atoms with E-state index in [1.54, 1.807) is 19.1 Å². The molecule has 0 atom stereocenters. The third kappa shape index (κ3) is 3.56. The molecule has 0 aliphatic rings. The molecular formula is C17H15Cl2N3O3S. The second-order valence-corrected chi connectivity index (χ2v) is 7.68. The summed E-state index contributed by atoms with van der Waals surface area (Å²) in [5.74, 6) is -0.153. The Morgan fingerprint density at radius 1 is 1.31 bits per heavy atom. The summed E-state index contributed by atoms with van der Waals surface area (Å²) in [4.78, 5) is 30.9. The van der Waals surface area contributed by atoms with Crippen LogP contribution in [0.15, 0.2) is 23.0 Å². The highest BCUT2D eigenvalue weighted by Gasteiger charge is 2.17. The topological polar surface area (TPSA) is 72.7 Å². The molecule has 0 fully saturated rings. The maximum Gasteiger partial charge on any atom is 0.282 e. The average molecular weight is 412 g/mol. The number of carbonyl (C=O) groups excluding carboxylic acids is 1. The molecular weight excluding hydrogens is 397 g/mol. The Balaban J connectivity index is 1.81. The number of ether oxygens (including phenoxy) is 1. The fraction of sp³-hybridized carbons (Fsp3) is 0.235. The molecule has 136 valence electrons. The molecule has 1 N–H and O–H groups in total. The van der Waals surface area contributed by atoms with Gasteiger partial charge < -0.3 is 10.1 Å². The highest BCUT2D eigenvalue weighted by molar-refractivity contribution is 7.17. The minimum absolute atomic E-state index is 0.138. The summed E-state index contributed by atoms with van der Waals surface area (Å²) >= 11 is 13.3. The Kier molecular flexibility index (Phi) is 5.22.